The number of carbonyl (C=O) groups is 2. The number of rotatable bonds is 3. The Morgan fingerprint density at radius 2 is 1.84 bits per heavy atom. The van der Waals surface area contributed by atoms with Gasteiger partial charge in [-0.05, 0) is 31.9 Å². The number of likely N-dealkylation sites (tertiary alicyclic amines) is 1. The number of piperidine rings is 1. The molecule has 13 heteroatoms. The average molecular weight is 451 g/mol. The first-order valence-electron chi connectivity index (χ1n) is 9.59. The van der Waals surface area contributed by atoms with Crippen molar-refractivity contribution in [2.45, 2.75) is 32.0 Å². The number of alkyl halides is 3. The van der Waals surface area contributed by atoms with E-state index >= 15 is 0 Å². The largest absolute Gasteiger partial charge is 0.490 e. The number of aromatic nitrogens is 6. The van der Waals surface area contributed by atoms with Crippen LogP contribution in [0.3, 0.4) is 0 Å². The molecule has 3 aromatic rings. The van der Waals surface area contributed by atoms with Gasteiger partial charge in [0.25, 0.3) is 5.91 Å². The number of aromatic amines is 1. The third kappa shape index (κ3) is 5.68. The van der Waals surface area contributed by atoms with E-state index in [2.05, 4.69) is 25.3 Å². The topological polar surface area (TPSA) is 130 Å². The predicted octanol–water partition coefficient (Wildman–Crippen LogP) is 2.48. The second kappa shape index (κ2) is 9.58. The van der Waals surface area contributed by atoms with Crippen molar-refractivity contribution in [3.05, 3.63) is 48.3 Å². The number of carbonyl (C=O) groups excluding carboxylic acids is 1. The summed E-state index contributed by atoms with van der Waals surface area (Å²) in [5.74, 6) is -2.39. The quantitative estimate of drug-likeness (QED) is 0.626. The lowest BCUT2D eigenvalue weighted by molar-refractivity contribution is -0.192. The van der Waals surface area contributed by atoms with E-state index in [1.165, 1.54) is 0 Å². The molecule has 3 aromatic heterocycles. The molecule has 4 heterocycles. The Labute approximate surface area is 180 Å². The van der Waals surface area contributed by atoms with Gasteiger partial charge in [-0.15, -0.1) is 5.10 Å². The van der Waals surface area contributed by atoms with Crippen LogP contribution in [0.1, 0.15) is 35.2 Å². The number of carboxylic acids is 1. The van der Waals surface area contributed by atoms with Gasteiger partial charge < -0.3 is 15.0 Å². The standard InChI is InChI=1S/C17H19N7O.C2HF3O2/c1-12-10-19-16(20-12)17(25)23-8-5-13(6-9-23)24-11-15(21-22-24)14-4-2-3-7-18-14;3-2(4,5)1(6)7/h2-4,7,10-11,13H,5-6,8-9H2,1H3,(H,19,20);(H,6,7). The van der Waals surface area contributed by atoms with E-state index in [0.29, 0.717) is 18.9 Å². The van der Waals surface area contributed by atoms with Crippen molar-refractivity contribution in [1.82, 2.24) is 34.8 Å². The van der Waals surface area contributed by atoms with Crippen molar-refractivity contribution in [3.8, 4) is 11.4 Å². The fourth-order valence-corrected chi connectivity index (χ4v) is 3.09. The second-order valence-corrected chi connectivity index (χ2v) is 7.04. The molecule has 0 unspecified atom stereocenters. The van der Waals surface area contributed by atoms with E-state index in [4.69, 9.17) is 9.90 Å². The fourth-order valence-electron chi connectivity index (χ4n) is 3.09. The number of aliphatic carboxylic acids is 1. The van der Waals surface area contributed by atoms with Gasteiger partial charge in [0.2, 0.25) is 0 Å². The van der Waals surface area contributed by atoms with Crippen LogP contribution in [0.2, 0.25) is 0 Å². The highest BCUT2D eigenvalue weighted by Crippen LogP contribution is 2.24. The highest BCUT2D eigenvalue weighted by atomic mass is 19.4. The van der Waals surface area contributed by atoms with Crippen LogP contribution in [0.5, 0.6) is 0 Å². The Morgan fingerprint density at radius 3 is 2.38 bits per heavy atom. The van der Waals surface area contributed by atoms with E-state index in [-0.39, 0.29) is 11.9 Å². The summed E-state index contributed by atoms with van der Waals surface area (Å²) in [5, 5.41) is 15.6. The average Bonchev–Trinajstić information content (AvgIpc) is 3.43. The molecule has 2 N–H and O–H groups in total. The molecular weight excluding hydrogens is 431 g/mol. The number of halogens is 3. The van der Waals surface area contributed by atoms with Gasteiger partial charge in [-0.2, -0.15) is 13.2 Å². The number of H-pyrrole nitrogens is 1. The van der Waals surface area contributed by atoms with Crippen LogP contribution < -0.4 is 0 Å². The molecule has 0 atom stereocenters. The lowest BCUT2D eigenvalue weighted by Gasteiger charge is -2.31. The highest BCUT2D eigenvalue weighted by molar-refractivity contribution is 5.90. The number of aryl methyl sites for hydroxylation is 1. The molecule has 0 aliphatic carbocycles. The van der Waals surface area contributed by atoms with Crippen LogP contribution in [-0.2, 0) is 4.79 Å². The van der Waals surface area contributed by atoms with Gasteiger partial charge >= 0.3 is 12.1 Å². The number of nitrogens with zero attached hydrogens (tertiary/aromatic N) is 6. The zero-order chi connectivity index (χ0) is 23.3. The molecule has 0 saturated carbocycles. The van der Waals surface area contributed by atoms with E-state index in [0.717, 1.165) is 29.9 Å². The molecule has 1 aliphatic rings. The summed E-state index contributed by atoms with van der Waals surface area (Å²) in [5.41, 5.74) is 2.47. The Hall–Kier alpha value is -3.77. The van der Waals surface area contributed by atoms with Crippen LogP contribution in [0.25, 0.3) is 11.4 Å². The van der Waals surface area contributed by atoms with E-state index < -0.39 is 12.1 Å². The first-order chi connectivity index (χ1) is 15.1. The number of amides is 1. The molecule has 0 radical (unpaired) electrons. The summed E-state index contributed by atoms with van der Waals surface area (Å²) >= 11 is 0. The maximum Gasteiger partial charge on any atom is 0.490 e. The van der Waals surface area contributed by atoms with Crippen molar-refractivity contribution in [2.75, 3.05) is 13.1 Å². The second-order valence-electron chi connectivity index (χ2n) is 7.04. The molecule has 10 nitrogen and oxygen atoms in total. The van der Waals surface area contributed by atoms with E-state index in [1.807, 2.05) is 40.9 Å². The molecule has 170 valence electrons. The van der Waals surface area contributed by atoms with Gasteiger partial charge in [0.05, 0.1) is 17.9 Å². The zero-order valence-corrected chi connectivity index (χ0v) is 17.0. The number of nitrogens with one attached hydrogen (secondary N) is 1. The smallest absolute Gasteiger partial charge is 0.475 e. The van der Waals surface area contributed by atoms with Gasteiger partial charge in [0.15, 0.2) is 5.82 Å². The van der Waals surface area contributed by atoms with Crippen LogP contribution in [0.4, 0.5) is 13.2 Å². The number of pyridine rings is 1. The van der Waals surface area contributed by atoms with Gasteiger partial charge in [0, 0.05) is 31.2 Å². The van der Waals surface area contributed by atoms with Crippen molar-refractivity contribution < 1.29 is 27.9 Å². The fraction of sp³-hybridized carbons (Fsp3) is 0.368. The van der Waals surface area contributed by atoms with Crippen molar-refractivity contribution in [1.29, 1.82) is 0 Å². The Morgan fingerprint density at radius 1 is 1.16 bits per heavy atom. The number of hydrogen-bond acceptors (Lipinski definition) is 6. The van der Waals surface area contributed by atoms with E-state index in [9.17, 15) is 18.0 Å². The molecule has 1 amide bonds. The van der Waals surface area contributed by atoms with Crippen molar-refractivity contribution in [3.63, 3.8) is 0 Å². The molecule has 0 aromatic carbocycles. The number of imidazole rings is 1. The maximum absolute atomic E-state index is 12.4. The Balaban J connectivity index is 0.000000360. The van der Waals surface area contributed by atoms with Gasteiger partial charge in [-0.3, -0.25) is 9.78 Å². The maximum atomic E-state index is 12.4. The van der Waals surface area contributed by atoms with Crippen LogP contribution >= 0.6 is 0 Å². The van der Waals surface area contributed by atoms with Gasteiger partial charge in [-0.1, -0.05) is 11.3 Å². The molecule has 1 fully saturated rings. The Kier molecular flexibility index (Phi) is 6.85. The molecule has 1 aliphatic heterocycles. The molecule has 1 saturated heterocycles. The minimum absolute atomic E-state index is 0.0423. The minimum atomic E-state index is -5.08. The predicted molar refractivity (Wildman–Crippen MR) is 104 cm³/mol. The summed E-state index contributed by atoms with van der Waals surface area (Å²) < 4.78 is 33.6. The summed E-state index contributed by atoms with van der Waals surface area (Å²) in [7, 11) is 0. The van der Waals surface area contributed by atoms with Gasteiger partial charge in [-0.25, -0.2) is 14.5 Å². The number of hydrogen-bond donors (Lipinski definition) is 2. The van der Waals surface area contributed by atoms with E-state index in [1.54, 1.807) is 12.4 Å². The molecule has 32 heavy (non-hydrogen) atoms. The lowest BCUT2D eigenvalue weighted by atomic mass is 10.1. The van der Waals surface area contributed by atoms with Crippen molar-refractivity contribution in [2.24, 2.45) is 0 Å². The third-order valence-electron chi connectivity index (χ3n) is 4.71. The zero-order valence-electron chi connectivity index (χ0n) is 17.0. The molecule has 0 spiro atoms. The normalized spacial score (nSPS) is 14.6. The summed E-state index contributed by atoms with van der Waals surface area (Å²) in [4.78, 5) is 34.6. The summed E-state index contributed by atoms with van der Waals surface area (Å²) in [6.45, 7) is 3.25. The first kappa shape index (κ1) is 22.9. The lowest BCUT2D eigenvalue weighted by Crippen LogP contribution is -2.39. The molecule has 0 bridgehead atoms. The third-order valence-corrected chi connectivity index (χ3v) is 4.71. The highest BCUT2D eigenvalue weighted by Gasteiger charge is 2.38. The van der Waals surface area contributed by atoms with Crippen LogP contribution in [0, 0.1) is 6.92 Å². The minimum Gasteiger partial charge on any atom is -0.475 e. The summed E-state index contributed by atoms with van der Waals surface area (Å²) in [6.07, 6.45) is 1.95. The van der Waals surface area contributed by atoms with Crippen molar-refractivity contribution >= 4 is 11.9 Å². The molecule has 4 rings (SSSR count). The van der Waals surface area contributed by atoms with Crippen LogP contribution in [-0.4, -0.2) is 71.1 Å². The SMILES string of the molecule is Cc1cnc(C(=O)N2CCC(n3cc(-c4ccccn4)nn3)CC2)[nH]1.O=C(O)C(F)(F)F. The monoisotopic (exact) mass is 451 g/mol. The van der Waals surface area contributed by atoms with Gasteiger partial charge in [0.1, 0.15) is 5.69 Å². The molecular formula is C19H20F3N7O3. The Bertz CT molecular complexity index is 1060. The number of carboxylic acid groups (broad SMARTS) is 1. The van der Waals surface area contributed by atoms with Crippen LogP contribution in [0.15, 0.2) is 36.8 Å². The first-order valence-corrected chi connectivity index (χ1v) is 9.59. The summed E-state index contributed by atoms with van der Waals surface area (Å²) in [6, 6.07) is 5.97.